The molecule has 0 bridgehead atoms. The maximum absolute atomic E-state index is 12.2. The molecular weight excluding hydrogens is 252 g/mol. The smallest absolute Gasteiger partial charge is 0.312 e. The van der Waals surface area contributed by atoms with E-state index in [-0.39, 0.29) is 18.5 Å². The van der Waals surface area contributed by atoms with E-state index in [1.807, 2.05) is 12.1 Å². The topological polar surface area (TPSA) is 40.6 Å². The van der Waals surface area contributed by atoms with Crippen molar-refractivity contribution in [2.75, 3.05) is 6.54 Å². The number of nitrogens with zero attached hydrogens (tertiary/aromatic N) is 2. The highest BCUT2D eigenvalue weighted by Crippen LogP contribution is 2.30. The van der Waals surface area contributed by atoms with Crippen LogP contribution in [0.5, 0.6) is 0 Å². The Kier molecular flexibility index (Phi) is 3.24. The number of hydrogen-bond acceptors (Lipinski definition) is 2. The van der Waals surface area contributed by atoms with Gasteiger partial charge in [0, 0.05) is 6.04 Å². The van der Waals surface area contributed by atoms with E-state index in [1.54, 1.807) is 4.90 Å². The number of benzene rings is 1. The van der Waals surface area contributed by atoms with E-state index < -0.39 is 0 Å². The second-order valence-electron chi connectivity index (χ2n) is 6.02. The number of amides is 3. The summed E-state index contributed by atoms with van der Waals surface area (Å²) in [7, 11) is 0. The molecule has 1 aromatic carbocycles. The Hall–Kier alpha value is -1.84. The first-order valence-corrected chi connectivity index (χ1v) is 7.26. The molecule has 4 heteroatoms. The molecule has 0 radical (unpaired) electrons. The van der Waals surface area contributed by atoms with Crippen molar-refractivity contribution >= 4 is 11.9 Å². The third-order valence-corrected chi connectivity index (χ3v) is 4.06. The molecule has 1 saturated carbocycles. The summed E-state index contributed by atoms with van der Waals surface area (Å²) in [6, 6.07) is 8.35. The Morgan fingerprint density at radius 2 is 1.80 bits per heavy atom. The summed E-state index contributed by atoms with van der Waals surface area (Å²) in [5.41, 5.74) is 2.28. The van der Waals surface area contributed by atoms with E-state index in [0.29, 0.717) is 18.5 Å². The van der Waals surface area contributed by atoms with E-state index in [9.17, 15) is 9.59 Å². The van der Waals surface area contributed by atoms with Gasteiger partial charge in [0.1, 0.15) is 6.54 Å². The first-order valence-electron chi connectivity index (χ1n) is 7.26. The zero-order valence-electron chi connectivity index (χ0n) is 12.0. The molecule has 20 heavy (non-hydrogen) atoms. The summed E-state index contributed by atoms with van der Waals surface area (Å²) in [5, 5.41) is 0. The highest BCUT2D eigenvalue weighted by Gasteiger charge is 2.43. The van der Waals surface area contributed by atoms with Crippen molar-refractivity contribution in [1.82, 2.24) is 9.80 Å². The van der Waals surface area contributed by atoms with Crippen molar-refractivity contribution in [3.63, 3.8) is 0 Å². The zero-order chi connectivity index (χ0) is 14.3. The van der Waals surface area contributed by atoms with Crippen LogP contribution in [0.4, 0.5) is 4.79 Å². The lowest BCUT2D eigenvalue weighted by atomic mass is 10.0. The van der Waals surface area contributed by atoms with Gasteiger partial charge in [0.25, 0.3) is 5.91 Å². The van der Waals surface area contributed by atoms with Gasteiger partial charge in [0.15, 0.2) is 0 Å². The van der Waals surface area contributed by atoms with Crippen LogP contribution in [0.1, 0.15) is 43.7 Å². The molecule has 0 spiro atoms. The lowest BCUT2D eigenvalue weighted by Crippen LogP contribution is -2.33. The highest BCUT2D eigenvalue weighted by molar-refractivity contribution is 6.02. The van der Waals surface area contributed by atoms with E-state index in [4.69, 9.17) is 0 Å². The zero-order valence-corrected chi connectivity index (χ0v) is 12.0. The number of urea groups is 1. The molecule has 0 aromatic heterocycles. The number of carbonyl (C=O) groups is 2. The van der Waals surface area contributed by atoms with Crippen LogP contribution < -0.4 is 0 Å². The minimum absolute atomic E-state index is 0.0742. The molecule has 3 amide bonds. The van der Waals surface area contributed by atoms with Gasteiger partial charge in [-0.05, 0) is 29.9 Å². The molecule has 4 nitrogen and oxygen atoms in total. The number of carbonyl (C=O) groups excluding carboxylic acids is 2. The van der Waals surface area contributed by atoms with Gasteiger partial charge < -0.3 is 4.90 Å². The fourth-order valence-electron chi connectivity index (χ4n) is 2.58. The molecule has 1 aliphatic carbocycles. The molecule has 1 aliphatic heterocycles. The number of hydrogen-bond donors (Lipinski definition) is 0. The predicted molar refractivity (Wildman–Crippen MR) is 76.2 cm³/mol. The van der Waals surface area contributed by atoms with E-state index in [2.05, 4.69) is 26.0 Å². The van der Waals surface area contributed by atoms with Crippen LogP contribution in [0.3, 0.4) is 0 Å². The standard InChI is InChI=1S/C16H20N2O2/c1-11(2)13-5-3-12(4-6-13)9-18-15(19)10-17(16(18)20)14-7-8-14/h3-6,11,14H,7-10H2,1-2H3. The Balaban J connectivity index is 1.70. The largest absolute Gasteiger partial charge is 0.327 e. The third kappa shape index (κ3) is 2.42. The fourth-order valence-corrected chi connectivity index (χ4v) is 2.58. The highest BCUT2D eigenvalue weighted by atomic mass is 16.2. The molecule has 2 fully saturated rings. The van der Waals surface area contributed by atoms with Crippen LogP contribution >= 0.6 is 0 Å². The van der Waals surface area contributed by atoms with E-state index in [0.717, 1.165) is 18.4 Å². The molecule has 0 unspecified atom stereocenters. The summed E-state index contributed by atoms with van der Waals surface area (Å²) in [5.74, 6) is 0.416. The molecule has 2 aliphatic rings. The Bertz CT molecular complexity index is 532. The summed E-state index contributed by atoms with van der Waals surface area (Å²) in [4.78, 5) is 27.3. The fraction of sp³-hybridized carbons (Fsp3) is 0.500. The van der Waals surface area contributed by atoms with Crippen molar-refractivity contribution in [2.45, 2.75) is 45.2 Å². The maximum Gasteiger partial charge on any atom is 0.327 e. The van der Waals surface area contributed by atoms with Crippen LogP contribution in [0, 0.1) is 0 Å². The Labute approximate surface area is 119 Å². The predicted octanol–water partition coefficient (Wildman–Crippen LogP) is 2.74. The van der Waals surface area contributed by atoms with Crippen molar-refractivity contribution in [2.24, 2.45) is 0 Å². The van der Waals surface area contributed by atoms with Gasteiger partial charge in [-0.3, -0.25) is 9.69 Å². The van der Waals surface area contributed by atoms with Crippen LogP contribution in [0.15, 0.2) is 24.3 Å². The first kappa shape index (κ1) is 13.2. The SMILES string of the molecule is CC(C)c1ccc(CN2C(=O)CN(C3CC3)C2=O)cc1. The van der Waals surface area contributed by atoms with Gasteiger partial charge in [0.2, 0.25) is 0 Å². The van der Waals surface area contributed by atoms with Crippen molar-refractivity contribution < 1.29 is 9.59 Å². The van der Waals surface area contributed by atoms with Gasteiger partial charge in [0.05, 0.1) is 6.54 Å². The van der Waals surface area contributed by atoms with Crippen LogP contribution in [-0.2, 0) is 11.3 Å². The van der Waals surface area contributed by atoms with E-state index in [1.165, 1.54) is 10.5 Å². The lowest BCUT2D eigenvalue weighted by Gasteiger charge is -2.17. The summed E-state index contributed by atoms with van der Waals surface area (Å²) in [6.07, 6.45) is 2.08. The van der Waals surface area contributed by atoms with Gasteiger partial charge in [-0.15, -0.1) is 0 Å². The molecule has 0 N–H and O–H groups in total. The van der Waals surface area contributed by atoms with Gasteiger partial charge in [-0.2, -0.15) is 0 Å². The Morgan fingerprint density at radius 3 is 2.35 bits per heavy atom. The minimum atomic E-state index is -0.120. The lowest BCUT2D eigenvalue weighted by molar-refractivity contribution is -0.125. The quantitative estimate of drug-likeness (QED) is 0.791. The molecule has 1 saturated heterocycles. The van der Waals surface area contributed by atoms with Gasteiger partial charge in [-0.25, -0.2) is 4.79 Å². The molecule has 106 valence electrons. The van der Waals surface area contributed by atoms with Crippen LogP contribution in [0.2, 0.25) is 0 Å². The van der Waals surface area contributed by atoms with Gasteiger partial charge in [-0.1, -0.05) is 38.1 Å². The van der Waals surface area contributed by atoms with Crippen molar-refractivity contribution in [3.05, 3.63) is 35.4 Å². The average Bonchev–Trinajstić information content (AvgIpc) is 3.22. The van der Waals surface area contributed by atoms with Crippen LogP contribution in [0.25, 0.3) is 0 Å². The number of imide groups is 1. The number of rotatable bonds is 4. The van der Waals surface area contributed by atoms with Gasteiger partial charge >= 0.3 is 6.03 Å². The minimum Gasteiger partial charge on any atom is -0.312 e. The molecule has 0 atom stereocenters. The second kappa shape index (κ2) is 4.93. The molecular formula is C16H20N2O2. The van der Waals surface area contributed by atoms with Crippen molar-refractivity contribution in [3.8, 4) is 0 Å². The van der Waals surface area contributed by atoms with Crippen molar-refractivity contribution in [1.29, 1.82) is 0 Å². The molecule has 1 heterocycles. The molecule has 3 rings (SSSR count). The van der Waals surface area contributed by atoms with Crippen LogP contribution in [-0.4, -0.2) is 34.3 Å². The summed E-state index contributed by atoms with van der Waals surface area (Å²) >= 11 is 0. The average molecular weight is 272 g/mol. The monoisotopic (exact) mass is 272 g/mol. The summed E-state index contributed by atoms with van der Waals surface area (Å²) in [6.45, 7) is 4.94. The second-order valence-corrected chi connectivity index (χ2v) is 6.02. The Morgan fingerprint density at radius 1 is 1.15 bits per heavy atom. The third-order valence-electron chi connectivity index (χ3n) is 4.06. The summed E-state index contributed by atoms with van der Waals surface area (Å²) < 4.78 is 0. The maximum atomic E-state index is 12.2. The normalized spacial score (nSPS) is 19.4. The van der Waals surface area contributed by atoms with E-state index >= 15 is 0 Å². The first-order chi connectivity index (χ1) is 9.56. The molecule has 1 aromatic rings.